The van der Waals surface area contributed by atoms with Crippen molar-refractivity contribution in [1.82, 2.24) is 5.32 Å². The number of anilines is 1. The van der Waals surface area contributed by atoms with Gasteiger partial charge in [-0.1, -0.05) is 29.8 Å². The molecule has 1 unspecified atom stereocenters. The maximum Gasteiger partial charge on any atom is 0.241 e. The van der Waals surface area contributed by atoms with Crippen molar-refractivity contribution in [2.75, 3.05) is 17.1 Å². The van der Waals surface area contributed by atoms with E-state index in [1.165, 1.54) is 0 Å². The van der Waals surface area contributed by atoms with E-state index in [4.69, 9.17) is 4.74 Å². The smallest absolute Gasteiger partial charge is 0.241 e. The zero-order valence-corrected chi connectivity index (χ0v) is 18.7. The highest BCUT2D eigenvalue weighted by Gasteiger charge is 2.22. The van der Waals surface area contributed by atoms with Crippen LogP contribution in [0.5, 0.6) is 5.75 Å². The molecule has 1 N–H and O–H groups in total. The van der Waals surface area contributed by atoms with Gasteiger partial charge in [-0.2, -0.15) is 0 Å². The number of rotatable bonds is 8. The van der Waals surface area contributed by atoms with Gasteiger partial charge < -0.3 is 10.1 Å². The van der Waals surface area contributed by atoms with Gasteiger partial charge in [-0.15, -0.1) is 0 Å². The third-order valence-electron chi connectivity index (χ3n) is 4.43. The van der Waals surface area contributed by atoms with Crippen LogP contribution >= 0.6 is 0 Å². The first-order valence-electron chi connectivity index (χ1n) is 9.58. The molecule has 0 aliphatic heterocycles. The van der Waals surface area contributed by atoms with E-state index < -0.39 is 10.0 Å². The third kappa shape index (κ3) is 6.49. The molecule has 2 aromatic rings. The highest BCUT2D eigenvalue weighted by molar-refractivity contribution is 7.92. The molecule has 2 rings (SSSR count). The van der Waals surface area contributed by atoms with Gasteiger partial charge in [0.2, 0.25) is 15.9 Å². The van der Waals surface area contributed by atoms with Crippen LogP contribution in [0.2, 0.25) is 0 Å². The summed E-state index contributed by atoms with van der Waals surface area (Å²) >= 11 is 0. The number of aryl methyl sites for hydroxylation is 2. The SMILES string of the molecule is Cc1ccc(C(C)NC(=O)CN(c2cccc(OC(C)C)c2)S(C)(=O)=O)c(C)c1. The van der Waals surface area contributed by atoms with E-state index >= 15 is 0 Å². The van der Waals surface area contributed by atoms with Crippen molar-refractivity contribution >= 4 is 21.6 Å². The normalized spacial score (nSPS) is 12.5. The van der Waals surface area contributed by atoms with Crippen molar-refractivity contribution < 1.29 is 17.9 Å². The monoisotopic (exact) mass is 418 g/mol. The lowest BCUT2D eigenvalue weighted by Gasteiger charge is -2.24. The Morgan fingerprint density at radius 1 is 1.10 bits per heavy atom. The predicted molar refractivity (Wildman–Crippen MR) is 117 cm³/mol. The summed E-state index contributed by atoms with van der Waals surface area (Å²) in [5, 5.41) is 2.90. The summed E-state index contributed by atoms with van der Waals surface area (Å²) in [5.74, 6) is 0.174. The second-order valence-corrected chi connectivity index (χ2v) is 9.49. The van der Waals surface area contributed by atoms with E-state index in [0.717, 1.165) is 27.3 Å². The minimum Gasteiger partial charge on any atom is -0.491 e. The summed E-state index contributed by atoms with van der Waals surface area (Å²) < 4.78 is 31.4. The van der Waals surface area contributed by atoms with Crippen LogP contribution in [0.1, 0.15) is 43.5 Å². The summed E-state index contributed by atoms with van der Waals surface area (Å²) in [4.78, 5) is 12.6. The molecule has 0 aliphatic rings. The van der Waals surface area contributed by atoms with Crippen LogP contribution in [0.15, 0.2) is 42.5 Å². The minimum atomic E-state index is -3.66. The van der Waals surface area contributed by atoms with Gasteiger partial charge in [0.1, 0.15) is 12.3 Å². The maximum absolute atomic E-state index is 12.6. The summed E-state index contributed by atoms with van der Waals surface area (Å²) in [5.41, 5.74) is 3.62. The van der Waals surface area contributed by atoms with Crippen LogP contribution in [-0.2, 0) is 14.8 Å². The van der Waals surface area contributed by atoms with Gasteiger partial charge in [-0.3, -0.25) is 9.10 Å². The van der Waals surface area contributed by atoms with Gasteiger partial charge in [0, 0.05) is 6.07 Å². The molecule has 1 atom stereocenters. The third-order valence-corrected chi connectivity index (χ3v) is 5.57. The number of benzene rings is 2. The number of carbonyl (C=O) groups excluding carboxylic acids is 1. The molecule has 0 heterocycles. The standard InChI is InChI=1S/C22H30N2O4S/c1-15(2)28-20-9-7-8-19(13-20)24(29(6,26)27)14-22(25)23-18(5)21-11-10-16(3)12-17(21)4/h7-13,15,18H,14H2,1-6H3,(H,23,25). The van der Waals surface area contributed by atoms with Crippen molar-refractivity contribution in [3.05, 3.63) is 59.2 Å². The Labute approximate surface area is 173 Å². The van der Waals surface area contributed by atoms with Gasteiger partial charge in [-0.05, 0) is 57.9 Å². The Kier molecular flexibility index (Phi) is 7.30. The lowest BCUT2D eigenvalue weighted by atomic mass is 10.0. The Hall–Kier alpha value is -2.54. The zero-order valence-electron chi connectivity index (χ0n) is 17.9. The molecule has 158 valence electrons. The number of ether oxygens (including phenoxy) is 1. The molecular formula is C22H30N2O4S. The van der Waals surface area contributed by atoms with Crippen molar-refractivity contribution in [2.45, 2.75) is 46.8 Å². The van der Waals surface area contributed by atoms with Crippen LogP contribution in [-0.4, -0.2) is 33.2 Å². The van der Waals surface area contributed by atoms with E-state index in [2.05, 4.69) is 11.4 Å². The van der Waals surface area contributed by atoms with Gasteiger partial charge in [0.25, 0.3) is 0 Å². The molecule has 0 radical (unpaired) electrons. The highest BCUT2D eigenvalue weighted by atomic mass is 32.2. The Morgan fingerprint density at radius 2 is 1.79 bits per heavy atom. The number of carbonyl (C=O) groups is 1. The van der Waals surface area contributed by atoms with Crippen molar-refractivity contribution in [3.8, 4) is 5.75 Å². The first kappa shape index (κ1) is 22.7. The number of hydrogen-bond acceptors (Lipinski definition) is 4. The molecule has 0 aromatic heterocycles. The molecule has 1 amide bonds. The molecule has 29 heavy (non-hydrogen) atoms. The lowest BCUT2D eigenvalue weighted by Crippen LogP contribution is -2.41. The molecule has 0 bridgehead atoms. The number of hydrogen-bond donors (Lipinski definition) is 1. The average Bonchev–Trinajstić information content (AvgIpc) is 2.58. The summed E-state index contributed by atoms with van der Waals surface area (Å²) in [6.45, 7) is 9.37. The summed E-state index contributed by atoms with van der Waals surface area (Å²) in [6, 6.07) is 12.5. The van der Waals surface area contributed by atoms with Crippen LogP contribution in [0.4, 0.5) is 5.69 Å². The Morgan fingerprint density at radius 3 is 2.38 bits per heavy atom. The van der Waals surface area contributed by atoms with E-state index in [1.807, 2.05) is 46.8 Å². The fraction of sp³-hybridized carbons (Fsp3) is 0.409. The fourth-order valence-electron chi connectivity index (χ4n) is 3.19. The molecule has 2 aromatic carbocycles. The van der Waals surface area contributed by atoms with Crippen molar-refractivity contribution in [3.63, 3.8) is 0 Å². The van der Waals surface area contributed by atoms with Crippen molar-refractivity contribution in [2.24, 2.45) is 0 Å². The van der Waals surface area contributed by atoms with E-state index in [9.17, 15) is 13.2 Å². The maximum atomic E-state index is 12.6. The lowest BCUT2D eigenvalue weighted by molar-refractivity contribution is -0.120. The minimum absolute atomic E-state index is 0.0427. The topological polar surface area (TPSA) is 75.7 Å². The van der Waals surface area contributed by atoms with E-state index in [0.29, 0.717) is 11.4 Å². The molecule has 0 saturated heterocycles. The quantitative estimate of drug-likeness (QED) is 0.709. The van der Waals surface area contributed by atoms with Gasteiger partial charge in [-0.25, -0.2) is 8.42 Å². The number of nitrogens with one attached hydrogen (secondary N) is 1. The fourth-order valence-corrected chi connectivity index (χ4v) is 4.04. The van der Waals surface area contributed by atoms with Crippen LogP contribution in [0.3, 0.4) is 0 Å². The van der Waals surface area contributed by atoms with E-state index in [-0.39, 0.29) is 24.6 Å². The zero-order chi connectivity index (χ0) is 21.8. The first-order chi connectivity index (χ1) is 13.5. The molecule has 0 saturated carbocycles. The molecular weight excluding hydrogens is 388 g/mol. The van der Waals surface area contributed by atoms with Gasteiger partial charge in [0.15, 0.2) is 0 Å². The molecule has 0 fully saturated rings. The Balaban J connectivity index is 2.19. The number of amides is 1. The van der Waals surface area contributed by atoms with Gasteiger partial charge in [0.05, 0.1) is 24.1 Å². The van der Waals surface area contributed by atoms with Crippen molar-refractivity contribution in [1.29, 1.82) is 0 Å². The largest absolute Gasteiger partial charge is 0.491 e. The highest BCUT2D eigenvalue weighted by Crippen LogP contribution is 2.24. The average molecular weight is 419 g/mol. The molecule has 0 spiro atoms. The van der Waals surface area contributed by atoms with Crippen LogP contribution < -0.4 is 14.4 Å². The molecule has 6 nitrogen and oxygen atoms in total. The summed E-state index contributed by atoms with van der Waals surface area (Å²) in [7, 11) is -3.66. The molecule has 0 aliphatic carbocycles. The Bertz CT molecular complexity index is 971. The van der Waals surface area contributed by atoms with Crippen LogP contribution in [0.25, 0.3) is 0 Å². The second-order valence-electron chi connectivity index (χ2n) is 7.58. The number of nitrogens with zero attached hydrogens (tertiary/aromatic N) is 1. The van der Waals surface area contributed by atoms with E-state index in [1.54, 1.807) is 24.3 Å². The number of sulfonamides is 1. The summed E-state index contributed by atoms with van der Waals surface area (Å²) in [6.07, 6.45) is 1.04. The second kappa shape index (κ2) is 9.31. The predicted octanol–water partition coefficient (Wildman–Crippen LogP) is 3.73. The first-order valence-corrected chi connectivity index (χ1v) is 11.4. The van der Waals surface area contributed by atoms with Gasteiger partial charge >= 0.3 is 0 Å². The molecule has 7 heteroatoms. The van der Waals surface area contributed by atoms with Crippen LogP contribution in [0, 0.1) is 13.8 Å².